The Kier molecular flexibility index (Phi) is 4.55. The minimum Gasteiger partial charge on any atom is -0.312 e. The van der Waals surface area contributed by atoms with E-state index in [4.69, 9.17) is 0 Å². The van der Waals surface area contributed by atoms with E-state index in [1.54, 1.807) is 6.20 Å². The predicted molar refractivity (Wildman–Crippen MR) is 88.0 cm³/mol. The summed E-state index contributed by atoms with van der Waals surface area (Å²) in [5.74, 6) is 0.710. The van der Waals surface area contributed by atoms with Gasteiger partial charge in [-0.25, -0.2) is 10.4 Å². The first kappa shape index (κ1) is 15.0. The zero-order chi connectivity index (χ0) is 13.9. The number of anilines is 1. The van der Waals surface area contributed by atoms with Crippen LogP contribution in [-0.4, -0.2) is 20.2 Å². The van der Waals surface area contributed by atoms with Crippen LogP contribution in [0, 0.1) is 0 Å². The van der Waals surface area contributed by atoms with Gasteiger partial charge in [0.1, 0.15) is 0 Å². The Morgan fingerprint density at radius 1 is 1.14 bits per heavy atom. The minimum absolute atomic E-state index is 0. The molecule has 1 N–H and O–H groups in total. The van der Waals surface area contributed by atoms with Gasteiger partial charge < -0.3 is 4.57 Å². The summed E-state index contributed by atoms with van der Waals surface area (Å²) >= 11 is 0. The summed E-state index contributed by atoms with van der Waals surface area (Å²) in [6.45, 7) is 1.91. The molecule has 6 heteroatoms. The molecule has 0 radical (unpaired) electrons. The molecule has 0 spiro atoms. The van der Waals surface area contributed by atoms with Gasteiger partial charge in [-0.1, -0.05) is 18.2 Å². The Morgan fingerprint density at radius 3 is 2.62 bits per heavy atom. The van der Waals surface area contributed by atoms with Gasteiger partial charge in [0.25, 0.3) is 0 Å². The van der Waals surface area contributed by atoms with E-state index in [9.17, 15) is 0 Å². The van der Waals surface area contributed by atoms with Gasteiger partial charge in [0.15, 0.2) is 0 Å². The van der Waals surface area contributed by atoms with Gasteiger partial charge in [-0.3, -0.25) is 4.98 Å². The summed E-state index contributed by atoms with van der Waals surface area (Å²) in [6, 6.07) is 13.7. The highest BCUT2D eigenvalue weighted by Crippen LogP contribution is 2.17. The van der Waals surface area contributed by atoms with Crippen molar-refractivity contribution in [2.24, 2.45) is 12.1 Å². The average Bonchev–Trinajstić information content (AvgIpc) is 2.83. The van der Waals surface area contributed by atoms with Crippen LogP contribution in [0.15, 0.2) is 53.8 Å². The molecule has 0 amide bonds. The van der Waals surface area contributed by atoms with Crippen molar-refractivity contribution in [2.45, 2.75) is 6.92 Å². The van der Waals surface area contributed by atoms with Crippen LogP contribution >= 0.6 is 12.4 Å². The number of nitrogens with one attached hydrogen (secondary N) is 1. The van der Waals surface area contributed by atoms with E-state index in [0.717, 1.165) is 22.4 Å². The molecule has 0 unspecified atom stereocenters. The number of hydrazone groups is 1. The normalized spacial score (nSPS) is 11.2. The number of nitrogens with zero attached hydrogens (tertiary/aromatic N) is 4. The van der Waals surface area contributed by atoms with Gasteiger partial charge in [-0.05, 0) is 31.2 Å². The monoisotopic (exact) mass is 301 g/mol. The van der Waals surface area contributed by atoms with Crippen LogP contribution in [-0.2, 0) is 7.05 Å². The Balaban J connectivity index is 0.00000161. The first-order valence-electron chi connectivity index (χ1n) is 6.39. The third-order valence-electron chi connectivity index (χ3n) is 3.15. The SMILES string of the molecule is C/C(=N\Nc1nc2ccccc2n1C)c1ccccn1.Cl. The summed E-state index contributed by atoms with van der Waals surface area (Å²) in [6.07, 6.45) is 1.75. The number of fused-ring (bicyclic) bond motifs is 1. The summed E-state index contributed by atoms with van der Waals surface area (Å²) in [5, 5.41) is 4.34. The molecule has 21 heavy (non-hydrogen) atoms. The smallest absolute Gasteiger partial charge is 0.224 e. The molecule has 0 saturated carbocycles. The Hall–Kier alpha value is -2.40. The van der Waals surface area contributed by atoms with Crippen molar-refractivity contribution in [3.05, 3.63) is 54.4 Å². The molecule has 1 aromatic carbocycles. The molecule has 0 fully saturated rings. The molecule has 3 rings (SSSR count). The standard InChI is InChI=1S/C15H15N5.ClH/c1-11(12-7-5-6-10-16-12)18-19-15-17-13-8-3-4-9-14(13)20(15)2;/h3-10H,1-2H3,(H,17,19);1H/b18-11+;. The first-order valence-corrected chi connectivity index (χ1v) is 6.39. The minimum atomic E-state index is 0. The molecule has 0 aliphatic carbocycles. The van der Waals surface area contributed by atoms with Crippen LogP contribution < -0.4 is 5.43 Å². The molecule has 2 aromatic heterocycles. The van der Waals surface area contributed by atoms with E-state index < -0.39 is 0 Å². The lowest BCUT2D eigenvalue weighted by molar-refractivity contribution is 0.942. The number of para-hydroxylation sites is 2. The van der Waals surface area contributed by atoms with E-state index in [1.165, 1.54) is 0 Å². The second kappa shape index (κ2) is 6.37. The van der Waals surface area contributed by atoms with Crippen LogP contribution in [0.4, 0.5) is 5.95 Å². The highest BCUT2D eigenvalue weighted by atomic mass is 35.5. The lowest BCUT2D eigenvalue weighted by atomic mass is 10.3. The second-order valence-corrected chi connectivity index (χ2v) is 4.51. The van der Waals surface area contributed by atoms with Crippen molar-refractivity contribution >= 4 is 35.1 Å². The van der Waals surface area contributed by atoms with Crippen LogP contribution in [0.5, 0.6) is 0 Å². The Bertz CT molecular complexity index is 764. The fourth-order valence-corrected chi connectivity index (χ4v) is 2.01. The van der Waals surface area contributed by atoms with Gasteiger partial charge in [0.05, 0.1) is 22.4 Å². The van der Waals surface area contributed by atoms with Crippen molar-refractivity contribution in [1.29, 1.82) is 0 Å². The van der Waals surface area contributed by atoms with Crippen LogP contribution in [0.2, 0.25) is 0 Å². The van der Waals surface area contributed by atoms with E-state index in [2.05, 4.69) is 20.5 Å². The van der Waals surface area contributed by atoms with E-state index in [0.29, 0.717) is 5.95 Å². The highest BCUT2D eigenvalue weighted by molar-refractivity contribution is 5.97. The first-order chi connectivity index (χ1) is 9.75. The van der Waals surface area contributed by atoms with Gasteiger partial charge in [0.2, 0.25) is 5.95 Å². The maximum atomic E-state index is 4.50. The van der Waals surface area contributed by atoms with Crippen molar-refractivity contribution in [2.75, 3.05) is 5.43 Å². The molecule has 5 nitrogen and oxygen atoms in total. The Morgan fingerprint density at radius 2 is 1.90 bits per heavy atom. The lowest BCUT2D eigenvalue weighted by Gasteiger charge is -2.03. The zero-order valence-electron chi connectivity index (χ0n) is 11.8. The third kappa shape index (κ3) is 3.03. The van der Waals surface area contributed by atoms with Gasteiger partial charge in [0, 0.05) is 13.2 Å². The molecule has 0 aliphatic rings. The quantitative estimate of drug-likeness (QED) is 0.597. The predicted octanol–water partition coefficient (Wildman–Crippen LogP) is 3.23. The summed E-state index contributed by atoms with van der Waals surface area (Å²) in [5.41, 5.74) is 6.68. The van der Waals surface area contributed by atoms with Crippen LogP contribution in [0.25, 0.3) is 11.0 Å². The average molecular weight is 302 g/mol. The van der Waals surface area contributed by atoms with E-state index in [-0.39, 0.29) is 12.4 Å². The summed E-state index contributed by atoms with van der Waals surface area (Å²) < 4.78 is 1.98. The molecule has 2 heterocycles. The number of aromatic nitrogens is 3. The topological polar surface area (TPSA) is 55.1 Å². The van der Waals surface area contributed by atoms with Crippen molar-refractivity contribution < 1.29 is 0 Å². The maximum absolute atomic E-state index is 4.50. The number of rotatable bonds is 3. The van der Waals surface area contributed by atoms with Crippen LogP contribution in [0.3, 0.4) is 0 Å². The largest absolute Gasteiger partial charge is 0.312 e. The maximum Gasteiger partial charge on any atom is 0.224 e. The van der Waals surface area contributed by atoms with Crippen LogP contribution in [0.1, 0.15) is 12.6 Å². The fourth-order valence-electron chi connectivity index (χ4n) is 2.01. The highest BCUT2D eigenvalue weighted by Gasteiger charge is 2.06. The number of aryl methyl sites for hydroxylation is 1. The van der Waals surface area contributed by atoms with Crippen molar-refractivity contribution in [1.82, 2.24) is 14.5 Å². The molecule has 0 aliphatic heterocycles. The molecular weight excluding hydrogens is 286 g/mol. The number of benzene rings is 1. The Labute approximate surface area is 129 Å². The number of halogens is 1. The van der Waals surface area contributed by atoms with Crippen molar-refractivity contribution in [3.8, 4) is 0 Å². The molecular formula is C15H16ClN5. The molecule has 0 atom stereocenters. The molecule has 108 valence electrons. The van der Waals surface area contributed by atoms with Gasteiger partial charge in [-0.15, -0.1) is 12.4 Å². The fraction of sp³-hybridized carbons (Fsp3) is 0.133. The molecule has 0 saturated heterocycles. The van der Waals surface area contributed by atoms with Gasteiger partial charge in [-0.2, -0.15) is 5.10 Å². The van der Waals surface area contributed by atoms with Gasteiger partial charge >= 0.3 is 0 Å². The number of pyridine rings is 1. The van der Waals surface area contributed by atoms with E-state index >= 15 is 0 Å². The number of hydrogen-bond acceptors (Lipinski definition) is 4. The number of imidazole rings is 1. The molecule has 0 bridgehead atoms. The lowest BCUT2D eigenvalue weighted by Crippen LogP contribution is -2.04. The van der Waals surface area contributed by atoms with Crippen molar-refractivity contribution in [3.63, 3.8) is 0 Å². The third-order valence-corrected chi connectivity index (χ3v) is 3.15. The summed E-state index contributed by atoms with van der Waals surface area (Å²) in [4.78, 5) is 8.76. The van der Waals surface area contributed by atoms with E-state index in [1.807, 2.05) is 61.0 Å². The summed E-state index contributed by atoms with van der Waals surface area (Å²) in [7, 11) is 1.96. The molecule has 3 aromatic rings. The number of hydrogen-bond donors (Lipinski definition) is 1. The zero-order valence-corrected chi connectivity index (χ0v) is 12.6. The second-order valence-electron chi connectivity index (χ2n) is 4.51.